The fourth-order valence-corrected chi connectivity index (χ4v) is 3.16. The van der Waals surface area contributed by atoms with E-state index in [1.807, 2.05) is 24.3 Å². The van der Waals surface area contributed by atoms with Crippen molar-refractivity contribution in [2.75, 3.05) is 0 Å². The summed E-state index contributed by atoms with van der Waals surface area (Å²) in [4.78, 5) is 22.5. The molecule has 2 aromatic carbocycles. The first-order valence-corrected chi connectivity index (χ1v) is 8.12. The van der Waals surface area contributed by atoms with Crippen LogP contribution in [-0.2, 0) is 4.79 Å². The van der Waals surface area contributed by atoms with Gasteiger partial charge in [0.15, 0.2) is 0 Å². The Morgan fingerprint density at radius 2 is 2.04 bits per heavy atom. The van der Waals surface area contributed by atoms with Crippen molar-refractivity contribution in [2.45, 2.75) is 19.4 Å². The number of benzene rings is 2. The zero-order valence-corrected chi connectivity index (χ0v) is 14.4. The van der Waals surface area contributed by atoms with Crippen molar-refractivity contribution in [3.05, 3.63) is 74.2 Å². The van der Waals surface area contributed by atoms with Crippen LogP contribution in [0.2, 0.25) is 0 Å². The third-order valence-corrected chi connectivity index (χ3v) is 4.35. The Kier molecular flexibility index (Phi) is 4.44. The van der Waals surface area contributed by atoms with Crippen LogP contribution < -0.4 is 0 Å². The molecule has 0 saturated carbocycles. The minimum Gasteiger partial charge on any atom is -0.273 e. The molecule has 0 bridgehead atoms. The van der Waals surface area contributed by atoms with Crippen LogP contribution in [-0.4, -0.2) is 21.6 Å². The Bertz CT molecular complexity index is 850. The van der Waals surface area contributed by atoms with E-state index in [2.05, 4.69) is 21.0 Å². The lowest BCUT2D eigenvalue weighted by Gasteiger charge is -2.20. The average Bonchev–Trinajstić information content (AvgIpc) is 3.00. The van der Waals surface area contributed by atoms with Crippen molar-refractivity contribution in [3.63, 3.8) is 0 Å². The second-order valence-corrected chi connectivity index (χ2v) is 6.41. The van der Waals surface area contributed by atoms with Crippen LogP contribution in [0.15, 0.2) is 58.1 Å². The van der Waals surface area contributed by atoms with Crippen molar-refractivity contribution in [3.8, 4) is 0 Å². The van der Waals surface area contributed by atoms with Gasteiger partial charge in [-0.2, -0.15) is 5.10 Å². The molecule has 0 aromatic heterocycles. The van der Waals surface area contributed by atoms with E-state index in [9.17, 15) is 14.9 Å². The van der Waals surface area contributed by atoms with Gasteiger partial charge in [-0.25, -0.2) is 5.01 Å². The van der Waals surface area contributed by atoms with E-state index in [-0.39, 0.29) is 17.6 Å². The maximum Gasteiger partial charge on any atom is 0.270 e. The van der Waals surface area contributed by atoms with Gasteiger partial charge in [-0.15, -0.1) is 0 Å². The number of hydrogen-bond donors (Lipinski definition) is 0. The molecule has 24 heavy (non-hydrogen) atoms. The zero-order chi connectivity index (χ0) is 17.3. The quantitative estimate of drug-likeness (QED) is 0.588. The summed E-state index contributed by atoms with van der Waals surface area (Å²) in [6.45, 7) is 1.46. The van der Waals surface area contributed by atoms with Gasteiger partial charge in [-0.3, -0.25) is 14.9 Å². The zero-order valence-electron chi connectivity index (χ0n) is 12.8. The molecule has 1 aliphatic heterocycles. The van der Waals surface area contributed by atoms with Gasteiger partial charge in [-0.05, 0) is 17.7 Å². The van der Waals surface area contributed by atoms with Crippen LogP contribution in [0.1, 0.15) is 30.5 Å². The van der Waals surface area contributed by atoms with Crippen molar-refractivity contribution in [1.82, 2.24) is 5.01 Å². The highest BCUT2D eigenvalue weighted by molar-refractivity contribution is 9.10. The molecular formula is C17H14BrN3O3. The summed E-state index contributed by atoms with van der Waals surface area (Å²) in [5, 5.41) is 16.8. The predicted molar refractivity (Wildman–Crippen MR) is 93.7 cm³/mol. The topological polar surface area (TPSA) is 75.8 Å². The van der Waals surface area contributed by atoms with Crippen LogP contribution in [0.5, 0.6) is 0 Å². The van der Waals surface area contributed by atoms with Gasteiger partial charge in [0.2, 0.25) is 5.91 Å². The summed E-state index contributed by atoms with van der Waals surface area (Å²) < 4.78 is 0.923. The first-order chi connectivity index (χ1) is 11.5. The monoisotopic (exact) mass is 387 g/mol. The molecule has 2 aromatic rings. The molecule has 0 saturated heterocycles. The number of hydrazone groups is 1. The second-order valence-electron chi connectivity index (χ2n) is 5.49. The molecule has 0 aliphatic carbocycles. The van der Waals surface area contributed by atoms with Crippen molar-refractivity contribution >= 4 is 33.2 Å². The molecule has 0 fully saturated rings. The maximum atomic E-state index is 12.0. The molecule has 0 unspecified atom stereocenters. The molecule has 1 heterocycles. The van der Waals surface area contributed by atoms with Crippen LogP contribution in [0.25, 0.3) is 0 Å². The van der Waals surface area contributed by atoms with E-state index >= 15 is 0 Å². The van der Waals surface area contributed by atoms with Crippen molar-refractivity contribution < 1.29 is 9.72 Å². The highest BCUT2D eigenvalue weighted by Crippen LogP contribution is 2.34. The third kappa shape index (κ3) is 3.21. The Balaban J connectivity index is 1.97. The van der Waals surface area contributed by atoms with Crippen molar-refractivity contribution in [1.29, 1.82) is 0 Å². The Morgan fingerprint density at radius 1 is 1.29 bits per heavy atom. The summed E-state index contributed by atoms with van der Waals surface area (Å²) in [6, 6.07) is 13.8. The summed E-state index contributed by atoms with van der Waals surface area (Å²) in [7, 11) is 0. The number of nitro groups is 1. The van der Waals surface area contributed by atoms with E-state index in [1.54, 1.807) is 12.1 Å². The molecule has 0 N–H and O–H groups in total. The van der Waals surface area contributed by atoms with E-state index in [0.717, 1.165) is 10.0 Å². The van der Waals surface area contributed by atoms with Gasteiger partial charge in [0, 0.05) is 35.5 Å². The van der Waals surface area contributed by atoms with E-state index in [4.69, 9.17) is 0 Å². The highest BCUT2D eigenvalue weighted by Gasteiger charge is 2.31. The molecule has 7 heteroatoms. The smallest absolute Gasteiger partial charge is 0.270 e. The number of amides is 1. The van der Waals surface area contributed by atoms with Crippen LogP contribution in [0, 0.1) is 10.1 Å². The minimum absolute atomic E-state index is 0.00970. The lowest BCUT2D eigenvalue weighted by atomic mass is 9.98. The summed E-state index contributed by atoms with van der Waals surface area (Å²) in [5.41, 5.74) is 2.30. The minimum atomic E-state index is -0.437. The lowest BCUT2D eigenvalue weighted by molar-refractivity contribution is -0.384. The molecule has 3 rings (SSSR count). The molecular weight excluding hydrogens is 374 g/mol. The van der Waals surface area contributed by atoms with E-state index in [1.165, 1.54) is 24.1 Å². The number of hydrogen-bond acceptors (Lipinski definition) is 4. The standard InChI is InChI=1S/C17H14BrN3O3/c1-11(22)20-17(13-5-2-6-14(18)8-13)10-16(19-20)12-4-3-7-15(9-12)21(23)24/h2-9,17H,10H2,1H3/t17-/m0/s1. The fourth-order valence-electron chi connectivity index (χ4n) is 2.75. The van der Waals surface area contributed by atoms with Gasteiger partial charge < -0.3 is 0 Å². The molecule has 6 nitrogen and oxygen atoms in total. The van der Waals surface area contributed by atoms with E-state index in [0.29, 0.717) is 17.7 Å². The number of carbonyl (C=O) groups excluding carboxylic acids is 1. The number of nitrogens with zero attached hydrogens (tertiary/aromatic N) is 3. The van der Waals surface area contributed by atoms with Crippen LogP contribution in [0.3, 0.4) is 0 Å². The van der Waals surface area contributed by atoms with Gasteiger partial charge in [0.25, 0.3) is 5.69 Å². The Hall–Kier alpha value is -2.54. The fraction of sp³-hybridized carbons (Fsp3) is 0.176. The summed E-state index contributed by atoms with van der Waals surface area (Å²) in [5.74, 6) is -0.166. The first-order valence-electron chi connectivity index (χ1n) is 7.33. The first kappa shape index (κ1) is 16.3. The normalized spacial score (nSPS) is 16.8. The summed E-state index contributed by atoms with van der Waals surface area (Å²) >= 11 is 3.44. The SMILES string of the molecule is CC(=O)N1N=C(c2cccc([N+](=O)[O-])c2)C[C@H]1c1cccc(Br)c1. The van der Waals surface area contributed by atoms with Crippen LogP contribution >= 0.6 is 15.9 Å². The van der Waals surface area contributed by atoms with Gasteiger partial charge >= 0.3 is 0 Å². The molecule has 1 atom stereocenters. The van der Waals surface area contributed by atoms with Gasteiger partial charge in [0.05, 0.1) is 16.7 Å². The largest absolute Gasteiger partial charge is 0.273 e. The summed E-state index contributed by atoms with van der Waals surface area (Å²) in [6.07, 6.45) is 0.511. The number of carbonyl (C=O) groups is 1. The number of nitro benzene ring substituents is 1. The van der Waals surface area contributed by atoms with Crippen molar-refractivity contribution in [2.24, 2.45) is 5.10 Å². The Morgan fingerprint density at radius 3 is 2.71 bits per heavy atom. The third-order valence-electron chi connectivity index (χ3n) is 3.86. The highest BCUT2D eigenvalue weighted by atomic mass is 79.9. The number of halogens is 1. The molecule has 0 spiro atoms. The molecule has 1 aliphatic rings. The maximum absolute atomic E-state index is 12.0. The molecule has 1 amide bonds. The van der Waals surface area contributed by atoms with Gasteiger partial charge in [-0.1, -0.05) is 40.2 Å². The lowest BCUT2D eigenvalue weighted by Crippen LogP contribution is -2.24. The predicted octanol–water partition coefficient (Wildman–Crippen LogP) is 4.05. The van der Waals surface area contributed by atoms with Gasteiger partial charge in [0.1, 0.15) is 0 Å². The number of rotatable bonds is 3. The molecule has 0 radical (unpaired) electrons. The molecule has 122 valence electrons. The second kappa shape index (κ2) is 6.52. The Labute approximate surface area is 147 Å². The number of non-ortho nitro benzene ring substituents is 1. The van der Waals surface area contributed by atoms with E-state index < -0.39 is 4.92 Å². The average molecular weight is 388 g/mol. The van der Waals surface area contributed by atoms with Crippen LogP contribution in [0.4, 0.5) is 5.69 Å².